The van der Waals surface area contributed by atoms with Crippen molar-refractivity contribution in [3.63, 3.8) is 0 Å². The lowest BCUT2D eigenvalue weighted by Crippen LogP contribution is -2.40. The van der Waals surface area contributed by atoms with E-state index in [1.54, 1.807) is 0 Å². The molecule has 102 valence electrons. The van der Waals surface area contributed by atoms with E-state index in [-0.39, 0.29) is 6.61 Å². The third-order valence-electron chi connectivity index (χ3n) is 1.89. The van der Waals surface area contributed by atoms with E-state index in [0.717, 1.165) is 30.4 Å². The Morgan fingerprint density at radius 1 is 1.29 bits per heavy atom. The number of esters is 1. The Balaban J connectivity index is 4.12. The van der Waals surface area contributed by atoms with Crippen LogP contribution in [-0.2, 0) is 9.53 Å². The minimum absolute atomic E-state index is 0.369. The van der Waals surface area contributed by atoms with E-state index in [2.05, 4.69) is 11.7 Å². The molecule has 0 aromatic heterocycles. The second-order valence-corrected chi connectivity index (χ2v) is 8.10. The summed E-state index contributed by atoms with van der Waals surface area (Å²) in [7, 11) is 3.02. The van der Waals surface area contributed by atoms with Crippen LogP contribution in [0.1, 0.15) is 0 Å². The number of hydrogen-bond donors (Lipinski definition) is 5. The van der Waals surface area contributed by atoms with Crippen LogP contribution in [0.15, 0.2) is 0 Å². The van der Waals surface area contributed by atoms with Crippen LogP contribution in [0.2, 0.25) is 0 Å². The van der Waals surface area contributed by atoms with Crippen LogP contribution in [0.5, 0.6) is 0 Å². The number of rotatable bonds is 9. The smallest absolute Gasteiger partial charge is 0.346 e. The standard InChI is InChI=1S/C7H14O6S4/c8-1-7(2-9,3-10)4-13-5(11)6(12)15-17-16-14/h6,8-10,12,14H,1-4H2. The van der Waals surface area contributed by atoms with Crippen LogP contribution in [0.3, 0.4) is 0 Å². The largest absolute Gasteiger partial charge is 0.462 e. The lowest BCUT2D eigenvalue weighted by atomic mass is 9.93. The normalized spacial score (nSPS) is 13.5. The van der Waals surface area contributed by atoms with Crippen LogP contribution in [0.4, 0.5) is 0 Å². The summed E-state index contributed by atoms with van der Waals surface area (Å²) < 4.78 is 4.70. The summed E-state index contributed by atoms with van der Waals surface area (Å²) in [5.41, 5.74) is -2.67. The fourth-order valence-corrected chi connectivity index (χ4v) is 3.43. The molecule has 0 fully saturated rings. The van der Waals surface area contributed by atoms with Gasteiger partial charge < -0.3 is 25.2 Å². The molecule has 6 nitrogen and oxygen atoms in total. The highest BCUT2D eigenvalue weighted by atomic mass is 33.7. The van der Waals surface area contributed by atoms with Gasteiger partial charge in [-0.2, -0.15) is 0 Å². The van der Waals surface area contributed by atoms with Gasteiger partial charge in [-0.05, 0) is 30.4 Å². The quantitative estimate of drug-likeness (QED) is 0.169. The van der Waals surface area contributed by atoms with Crippen LogP contribution < -0.4 is 0 Å². The number of hydrogen-bond acceptors (Lipinski definition) is 10. The van der Waals surface area contributed by atoms with Crippen LogP contribution in [0.25, 0.3) is 0 Å². The summed E-state index contributed by atoms with van der Waals surface area (Å²) in [6.07, 6.45) is 0. The minimum Gasteiger partial charge on any atom is -0.462 e. The van der Waals surface area contributed by atoms with Crippen molar-refractivity contribution in [2.24, 2.45) is 5.41 Å². The summed E-state index contributed by atoms with van der Waals surface area (Å²) in [5.74, 6) is -0.899. The maximum Gasteiger partial charge on any atom is 0.346 e. The molecule has 0 saturated heterocycles. The first-order chi connectivity index (χ1) is 8.05. The van der Waals surface area contributed by atoms with Gasteiger partial charge >= 0.3 is 5.97 Å². The zero-order valence-corrected chi connectivity index (χ0v) is 12.0. The average molecular weight is 322 g/mol. The Bertz CT molecular complexity index is 216. The Labute approximate surface area is 115 Å². The molecule has 0 heterocycles. The van der Waals surface area contributed by atoms with E-state index in [4.69, 9.17) is 20.1 Å². The van der Waals surface area contributed by atoms with E-state index < -0.39 is 36.6 Å². The highest BCUT2D eigenvalue weighted by Gasteiger charge is 2.31. The van der Waals surface area contributed by atoms with Gasteiger partial charge in [0.05, 0.1) is 25.2 Å². The van der Waals surface area contributed by atoms with Crippen molar-refractivity contribution in [3.8, 4) is 0 Å². The Hall–Kier alpha value is 0.710. The topological polar surface area (TPSA) is 107 Å². The summed E-state index contributed by atoms with van der Waals surface area (Å²) in [5, 5.41) is 36.2. The van der Waals surface area contributed by atoms with Gasteiger partial charge in [-0.1, -0.05) is 11.7 Å². The first-order valence-electron chi connectivity index (χ1n) is 4.36. The zero-order chi connectivity index (χ0) is 13.3. The van der Waals surface area contributed by atoms with Crippen molar-refractivity contribution < 1.29 is 30.0 Å². The lowest BCUT2D eigenvalue weighted by molar-refractivity contribution is -0.156. The summed E-state index contributed by atoms with van der Waals surface area (Å²) >= 11 is 3.80. The van der Waals surface area contributed by atoms with Crippen LogP contribution >= 0.6 is 42.1 Å². The first kappa shape index (κ1) is 17.7. The second kappa shape index (κ2) is 9.62. The number of aliphatic hydroxyl groups excluding tert-OH is 4. The third-order valence-corrected chi connectivity index (χ3v) is 6.27. The minimum atomic E-state index is -1.38. The molecule has 1 atom stereocenters. The maximum absolute atomic E-state index is 11.3. The van der Waals surface area contributed by atoms with Gasteiger partial charge in [0.2, 0.25) is 5.44 Å². The molecule has 0 aromatic carbocycles. The van der Waals surface area contributed by atoms with E-state index in [9.17, 15) is 9.90 Å². The average Bonchev–Trinajstić information content (AvgIpc) is 2.37. The molecule has 1 unspecified atom stereocenters. The predicted molar refractivity (Wildman–Crippen MR) is 72.4 cm³/mol. The molecule has 0 amide bonds. The van der Waals surface area contributed by atoms with Crippen molar-refractivity contribution in [2.75, 3.05) is 26.4 Å². The van der Waals surface area contributed by atoms with Gasteiger partial charge in [0, 0.05) is 0 Å². The zero-order valence-electron chi connectivity index (χ0n) is 8.68. The van der Waals surface area contributed by atoms with E-state index in [0.29, 0.717) is 0 Å². The summed E-state index contributed by atoms with van der Waals surface area (Å²) in [6, 6.07) is 0. The summed E-state index contributed by atoms with van der Waals surface area (Å²) in [4.78, 5) is 11.3. The van der Waals surface area contributed by atoms with Gasteiger partial charge in [-0.15, -0.1) is 0 Å². The highest BCUT2D eigenvalue weighted by Crippen LogP contribution is 2.39. The Morgan fingerprint density at radius 3 is 2.24 bits per heavy atom. The number of carbonyl (C=O) groups is 1. The molecule has 0 aromatic rings. The fraction of sp³-hybridized carbons (Fsp3) is 0.857. The van der Waals surface area contributed by atoms with Gasteiger partial charge in [0.1, 0.15) is 6.61 Å². The number of aliphatic hydroxyl groups is 4. The number of carbonyl (C=O) groups excluding carboxylic acids is 1. The predicted octanol–water partition coefficient (Wildman–Crippen LogP) is -0.314. The van der Waals surface area contributed by atoms with Crippen LogP contribution in [-0.4, -0.2) is 58.3 Å². The van der Waals surface area contributed by atoms with Crippen molar-refractivity contribution >= 4 is 48.1 Å². The maximum atomic E-state index is 11.3. The molecule has 0 saturated carbocycles. The molecule has 4 N–H and O–H groups in total. The SMILES string of the molecule is O=C(OCC(CO)(CO)CO)C(O)SSSS. The van der Waals surface area contributed by atoms with Gasteiger partial charge in [-0.3, -0.25) is 0 Å². The van der Waals surface area contributed by atoms with Gasteiger partial charge in [0.25, 0.3) is 0 Å². The van der Waals surface area contributed by atoms with Crippen LogP contribution in [0, 0.1) is 5.41 Å². The second-order valence-electron chi connectivity index (χ2n) is 3.17. The fourth-order valence-electron chi connectivity index (χ4n) is 0.677. The molecule has 0 aliphatic carbocycles. The van der Waals surface area contributed by atoms with Crippen molar-refractivity contribution in [3.05, 3.63) is 0 Å². The molecule has 17 heavy (non-hydrogen) atoms. The molecule has 0 radical (unpaired) electrons. The van der Waals surface area contributed by atoms with Crippen molar-refractivity contribution in [2.45, 2.75) is 5.44 Å². The van der Waals surface area contributed by atoms with Gasteiger partial charge in [-0.25, -0.2) is 4.79 Å². The molecule has 0 bridgehead atoms. The Morgan fingerprint density at radius 2 is 1.82 bits per heavy atom. The molecule has 0 aliphatic rings. The van der Waals surface area contributed by atoms with E-state index in [1.807, 2.05) is 0 Å². The molecule has 0 aliphatic heterocycles. The highest BCUT2D eigenvalue weighted by molar-refractivity contribution is 9.24. The van der Waals surface area contributed by atoms with E-state index in [1.165, 1.54) is 0 Å². The molecule has 0 rings (SSSR count). The molecule has 10 heteroatoms. The first-order valence-corrected chi connectivity index (χ1v) is 8.96. The number of ether oxygens (including phenoxy) is 1. The van der Waals surface area contributed by atoms with Gasteiger partial charge in [0.15, 0.2) is 0 Å². The third kappa shape index (κ3) is 6.43. The molecular weight excluding hydrogens is 308 g/mol. The summed E-state index contributed by atoms with van der Waals surface area (Å²) in [6.45, 7) is -1.96. The lowest BCUT2D eigenvalue weighted by Gasteiger charge is -2.26. The van der Waals surface area contributed by atoms with E-state index >= 15 is 0 Å². The molecule has 0 spiro atoms. The monoisotopic (exact) mass is 322 g/mol. The Kier molecular flexibility index (Phi) is 10.0. The number of thiol groups is 1. The van der Waals surface area contributed by atoms with Crippen molar-refractivity contribution in [1.82, 2.24) is 0 Å². The van der Waals surface area contributed by atoms with Crippen molar-refractivity contribution in [1.29, 1.82) is 0 Å². The molecular formula is C7H14O6S4.